The molecule has 16 aromatic rings. The molecule has 8 aromatic heterocycles. The Morgan fingerprint density at radius 3 is 0.505 bits per heavy atom. The first kappa shape index (κ1) is 74.7. The number of carbonyl (C=O) groups is 2. The van der Waals surface area contributed by atoms with Crippen molar-refractivity contribution >= 4 is 168 Å². The molecule has 0 amide bonds. The van der Waals surface area contributed by atoms with E-state index in [9.17, 15) is 9.59 Å². The predicted molar refractivity (Wildman–Crippen MR) is 424 cm³/mol. The van der Waals surface area contributed by atoms with E-state index in [0.29, 0.717) is 68.1 Å². The second-order valence-electron chi connectivity index (χ2n) is 25.7. The summed E-state index contributed by atoms with van der Waals surface area (Å²) in [6.45, 7) is 18.2. The molecule has 0 saturated carbocycles. The van der Waals surface area contributed by atoms with E-state index in [2.05, 4.69) is 19.9 Å². The fraction of sp³-hybridized carbons (Fsp3) is 0.119. The van der Waals surface area contributed by atoms with Crippen LogP contribution in [-0.2, 0) is 19.0 Å². The molecular formula is C84H70Ga4N8O13. The number of aryl methyl sites for hydroxylation is 8. The molecule has 8 heterocycles. The Labute approximate surface area is 653 Å². The zero-order valence-corrected chi connectivity index (χ0v) is 71.0. The molecule has 0 atom stereocenters. The van der Waals surface area contributed by atoms with Gasteiger partial charge >= 0.3 is 659 Å². The van der Waals surface area contributed by atoms with Gasteiger partial charge in [-0.05, 0) is 0 Å². The molecule has 0 radical (unpaired) electrons. The molecule has 0 aliphatic carbocycles. The van der Waals surface area contributed by atoms with E-state index in [4.69, 9.17) is 57.5 Å². The normalized spacial score (nSPS) is 11.0. The number of rotatable bonds is 20. The molecule has 109 heavy (non-hydrogen) atoms. The van der Waals surface area contributed by atoms with Crippen molar-refractivity contribution in [3.8, 4) is 46.0 Å². The van der Waals surface area contributed by atoms with Crippen LogP contribution in [0.3, 0.4) is 0 Å². The molecule has 0 saturated heterocycles. The SMILES string of the molecule is CC(=O)[O][Ga]([O]c1cccc2ccc(C)nc12)[O]c1cccc2ccc(C)nc12.CC(=O)[O][Ga]([O]c1cccc2ccc(C)nc12)[O]c1cccc2ccc(C)nc12.Cc1ccc2cccc([O][Ga]([O]c3cccc4ccc(C)nc34)[O][Ga]([O]c3cccc4ccc(C)nc34)[O]c3cccc4ccc(C)nc34)c2n1. The van der Waals surface area contributed by atoms with E-state index in [1.165, 1.54) is 13.8 Å². The Hall–Kier alpha value is -11.1. The Balaban J connectivity index is 0.000000146. The van der Waals surface area contributed by atoms with Gasteiger partial charge in [0.1, 0.15) is 0 Å². The molecule has 25 heteroatoms. The number of hydrogen-bond acceptors (Lipinski definition) is 21. The molecule has 21 nitrogen and oxygen atoms in total. The Kier molecular flexibility index (Phi) is 23.3. The number of aromatic nitrogens is 8. The number of hydrogen-bond donors (Lipinski definition) is 0. The summed E-state index contributed by atoms with van der Waals surface area (Å²) in [6, 6.07) is 77.7. The van der Waals surface area contributed by atoms with Gasteiger partial charge in [0, 0.05) is 0 Å². The van der Waals surface area contributed by atoms with Crippen molar-refractivity contribution in [3.63, 3.8) is 0 Å². The van der Waals surface area contributed by atoms with Crippen molar-refractivity contribution in [2.75, 3.05) is 0 Å². The third-order valence-corrected chi connectivity index (χ3v) is 32.6. The van der Waals surface area contributed by atoms with Crippen LogP contribution in [0, 0.1) is 55.4 Å². The molecule has 0 aliphatic rings. The Morgan fingerprint density at radius 2 is 0.358 bits per heavy atom. The standard InChI is InChI=1S/8C10H9NO.2C2H4O2.4Ga.O/c8*1-7-5-6-8-3-2-4-9(12)10(8)11-7;2*1-2(3)4;;;;;/h8*2-6,12H,1H3;2*1H3,(H,3,4);;;;;/q;;;;;;;;;;2*+2;2*+3;/p-10. The van der Waals surface area contributed by atoms with Crippen LogP contribution in [0.2, 0.25) is 0 Å². The number of pyridine rings is 8. The third kappa shape index (κ3) is 18.5. The fourth-order valence-electron chi connectivity index (χ4n) is 12.0. The van der Waals surface area contributed by atoms with Crippen molar-refractivity contribution < 1.29 is 47.2 Å². The average molecular weight is 1680 g/mol. The number of carbonyl (C=O) groups excluding carboxylic acids is 2. The predicted octanol–water partition coefficient (Wildman–Crippen LogP) is 17.5. The van der Waals surface area contributed by atoms with Gasteiger partial charge in [0.25, 0.3) is 0 Å². The first-order valence-corrected chi connectivity index (χ1v) is 47.0. The molecule has 0 aliphatic heterocycles. The molecule has 0 N–H and O–H groups in total. The fourth-order valence-corrected chi connectivity index (χ4v) is 25.9. The molecule has 0 spiro atoms. The summed E-state index contributed by atoms with van der Waals surface area (Å²) in [7, 11) is 0. The summed E-state index contributed by atoms with van der Waals surface area (Å²) < 4.78 is 69.5. The summed E-state index contributed by atoms with van der Waals surface area (Å²) in [4.78, 5) is 61.0. The van der Waals surface area contributed by atoms with Gasteiger partial charge in [-0.15, -0.1) is 0 Å². The molecule has 0 bridgehead atoms. The van der Waals surface area contributed by atoms with Gasteiger partial charge in [-0.25, -0.2) is 0 Å². The van der Waals surface area contributed by atoms with Gasteiger partial charge in [0.05, 0.1) is 0 Å². The van der Waals surface area contributed by atoms with Crippen molar-refractivity contribution in [2.24, 2.45) is 0 Å². The maximum absolute atomic E-state index is 11.7. The summed E-state index contributed by atoms with van der Waals surface area (Å²) in [5.74, 6) is 3.56. The molecule has 536 valence electrons. The van der Waals surface area contributed by atoms with E-state index >= 15 is 0 Å². The van der Waals surface area contributed by atoms with Crippen molar-refractivity contribution in [1.82, 2.24) is 39.9 Å². The van der Waals surface area contributed by atoms with Crippen LogP contribution in [0.4, 0.5) is 0 Å². The van der Waals surface area contributed by atoms with Gasteiger partial charge < -0.3 is 0 Å². The second kappa shape index (κ2) is 34.0. The second-order valence-corrected chi connectivity index (χ2v) is 39.0. The first-order chi connectivity index (χ1) is 52.8. The summed E-state index contributed by atoms with van der Waals surface area (Å²) in [5, 5.41) is 7.56. The Morgan fingerprint density at radius 1 is 0.211 bits per heavy atom. The first-order valence-electron chi connectivity index (χ1n) is 35.1. The number of para-hydroxylation sites is 8. The average Bonchev–Trinajstić information content (AvgIpc) is 0.807. The molecule has 8 aromatic carbocycles. The maximum atomic E-state index is 11.7. The van der Waals surface area contributed by atoms with E-state index in [1.54, 1.807) is 0 Å². The summed E-state index contributed by atoms with van der Waals surface area (Å²) >= 11 is -14.7. The molecule has 0 fully saturated rings. The molecular weight excluding hydrogens is 1610 g/mol. The third-order valence-electron chi connectivity index (χ3n) is 17.1. The zero-order valence-electron chi connectivity index (χ0n) is 61.3. The van der Waals surface area contributed by atoms with Crippen LogP contribution < -0.4 is 28.2 Å². The van der Waals surface area contributed by atoms with Crippen LogP contribution in [0.15, 0.2) is 243 Å². The van der Waals surface area contributed by atoms with Crippen molar-refractivity contribution in [3.05, 3.63) is 288 Å². The van der Waals surface area contributed by atoms with Crippen LogP contribution in [0.1, 0.15) is 59.4 Å². The minimum atomic E-state index is -3.87. The summed E-state index contributed by atoms with van der Waals surface area (Å²) in [5.41, 5.74) is 12.7. The van der Waals surface area contributed by atoms with E-state index in [1.807, 2.05) is 298 Å². The van der Waals surface area contributed by atoms with Gasteiger partial charge in [0.2, 0.25) is 0 Å². The number of benzene rings is 8. The van der Waals surface area contributed by atoms with Crippen LogP contribution in [0.5, 0.6) is 46.0 Å². The van der Waals surface area contributed by atoms with E-state index in [0.717, 1.165) is 111 Å². The van der Waals surface area contributed by atoms with Crippen LogP contribution in [-0.4, -0.2) is 121 Å². The van der Waals surface area contributed by atoms with Crippen molar-refractivity contribution in [2.45, 2.75) is 69.2 Å². The van der Waals surface area contributed by atoms with Crippen LogP contribution >= 0.6 is 0 Å². The molecule has 0 unspecified atom stereocenters. The zero-order chi connectivity index (χ0) is 75.7. The van der Waals surface area contributed by atoms with Crippen LogP contribution in [0.25, 0.3) is 87.2 Å². The van der Waals surface area contributed by atoms with Gasteiger partial charge in [-0.2, -0.15) is 0 Å². The number of fused-ring (bicyclic) bond motifs is 8. The number of nitrogens with zero attached hydrogens (tertiary/aromatic N) is 8. The monoisotopic (exact) mass is 1670 g/mol. The van der Waals surface area contributed by atoms with E-state index < -0.39 is 81.2 Å². The van der Waals surface area contributed by atoms with E-state index in [-0.39, 0.29) is 0 Å². The topological polar surface area (TPSA) is 239 Å². The van der Waals surface area contributed by atoms with Gasteiger partial charge in [-0.1, -0.05) is 0 Å². The quantitative estimate of drug-likeness (QED) is 0.0644. The van der Waals surface area contributed by atoms with Gasteiger partial charge in [-0.3, -0.25) is 0 Å². The van der Waals surface area contributed by atoms with Gasteiger partial charge in [0.15, 0.2) is 0 Å². The van der Waals surface area contributed by atoms with Crippen molar-refractivity contribution in [1.29, 1.82) is 0 Å². The summed E-state index contributed by atoms with van der Waals surface area (Å²) in [6.07, 6.45) is 0. The minimum absolute atomic E-state index is 0.441. The Bertz CT molecular complexity index is 5390. The molecule has 16 rings (SSSR count).